The maximum Gasteiger partial charge on any atom is 0.306 e. The molecular weight excluding hydrogens is 246 g/mol. The van der Waals surface area contributed by atoms with Gasteiger partial charge in [-0.2, -0.15) is 4.31 Å². The van der Waals surface area contributed by atoms with Crippen LogP contribution in [0.1, 0.15) is 6.42 Å². The van der Waals surface area contributed by atoms with Gasteiger partial charge in [0.1, 0.15) is 0 Å². The fourth-order valence-corrected chi connectivity index (χ4v) is 2.39. The Morgan fingerprint density at radius 3 is 2.47 bits per heavy atom. The molecule has 0 saturated heterocycles. The molecule has 0 N–H and O–H groups in total. The Morgan fingerprint density at radius 1 is 1.35 bits per heavy atom. The van der Waals surface area contributed by atoms with Crippen LogP contribution in [0.5, 0.6) is 0 Å². The van der Waals surface area contributed by atoms with Crippen molar-refractivity contribution in [1.29, 1.82) is 0 Å². The van der Waals surface area contributed by atoms with Crippen molar-refractivity contribution in [3.63, 3.8) is 0 Å². The molecule has 7 heteroatoms. The molecule has 0 rings (SSSR count). The first-order chi connectivity index (χ1) is 7.97. The van der Waals surface area contributed by atoms with Gasteiger partial charge >= 0.3 is 5.97 Å². The van der Waals surface area contributed by atoms with Crippen molar-refractivity contribution in [2.45, 2.75) is 6.42 Å². The fraction of sp³-hybridized carbons (Fsp3) is 0.700. The summed E-state index contributed by atoms with van der Waals surface area (Å²) < 4.78 is 34.1. The van der Waals surface area contributed by atoms with E-state index in [0.717, 1.165) is 0 Å². The van der Waals surface area contributed by atoms with Crippen LogP contribution in [0.3, 0.4) is 0 Å². The molecule has 0 aromatic carbocycles. The van der Waals surface area contributed by atoms with Crippen LogP contribution in [-0.2, 0) is 24.3 Å². The van der Waals surface area contributed by atoms with Gasteiger partial charge in [0, 0.05) is 20.2 Å². The highest BCUT2D eigenvalue weighted by molar-refractivity contribution is 7.89. The molecule has 0 fully saturated rings. The second-order valence-corrected chi connectivity index (χ2v) is 5.30. The smallest absolute Gasteiger partial charge is 0.306 e. The number of sulfonamides is 1. The first-order valence-corrected chi connectivity index (χ1v) is 6.73. The summed E-state index contributed by atoms with van der Waals surface area (Å²) >= 11 is 0. The standard InChI is InChI=1S/C10H19NO5S/c1-4-9-17(13,14)11(7-8-15-2)6-5-10(12)16-3/h4H,1,5-9H2,2-3H3. The van der Waals surface area contributed by atoms with Gasteiger partial charge in [0.15, 0.2) is 0 Å². The lowest BCUT2D eigenvalue weighted by atomic mass is 10.4. The van der Waals surface area contributed by atoms with E-state index in [1.54, 1.807) is 0 Å². The zero-order valence-corrected chi connectivity index (χ0v) is 11.0. The van der Waals surface area contributed by atoms with Crippen LogP contribution >= 0.6 is 0 Å². The van der Waals surface area contributed by atoms with E-state index in [1.807, 2.05) is 0 Å². The van der Waals surface area contributed by atoms with Crippen LogP contribution in [0.2, 0.25) is 0 Å². The van der Waals surface area contributed by atoms with Gasteiger partial charge in [-0.1, -0.05) is 6.08 Å². The summed E-state index contributed by atoms with van der Waals surface area (Å²) in [5.74, 6) is -0.598. The van der Waals surface area contributed by atoms with E-state index >= 15 is 0 Å². The van der Waals surface area contributed by atoms with E-state index in [1.165, 1.54) is 24.6 Å². The number of hydrogen-bond acceptors (Lipinski definition) is 5. The van der Waals surface area contributed by atoms with Gasteiger partial charge < -0.3 is 9.47 Å². The Hall–Kier alpha value is -0.920. The normalized spacial score (nSPS) is 11.5. The lowest BCUT2D eigenvalue weighted by Gasteiger charge is -2.20. The Balaban J connectivity index is 4.52. The van der Waals surface area contributed by atoms with E-state index in [2.05, 4.69) is 11.3 Å². The molecule has 0 saturated carbocycles. The lowest BCUT2D eigenvalue weighted by Crippen LogP contribution is -2.37. The van der Waals surface area contributed by atoms with Gasteiger partial charge in [-0.3, -0.25) is 4.79 Å². The molecule has 0 atom stereocenters. The number of esters is 1. The summed E-state index contributed by atoms with van der Waals surface area (Å²) in [6.07, 6.45) is 1.34. The van der Waals surface area contributed by atoms with Gasteiger partial charge in [-0.25, -0.2) is 8.42 Å². The predicted molar refractivity (Wildman–Crippen MR) is 64.1 cm³/mol. The maximum absolute atomic E-state index is 11.8. The first kappa shape index (κ1) is 16.1. The summed E-state index contributed by atoms with van der Waals surface area (Å²) in [6.45, 7) is 3.97. The average molecular weight is 265 g/mol. The van der Waals surface area contributed by atoms with Crippen LogP contribution in [0, 0.1) is 0 Å². The molecule has 0 aromatic heterocycles. The van der Waals surface area contributed by atoms with Crippen LogP contribution in [0.15, 0.2) is 12.7 Å². The molecule has 17 heavy (non-hydrogen) atoms. The van der Waals surface area contributed by atoms with Crippen molar-refractivity contribution in [1.82, 2.24) is 4.31 Å². The Morgan fingerprint density at radius 2 is 2.00 bits per heavy atom. The summed E-state index contributed by atoms with van der Waals surface area (Å²) in [4.78, 5) is 11.0. The van der Waals surface area contributed by atoms with Gasteiger partial charge in [-0.05, 0) is 0 Å². The fourth-order valence-electron chi connectivity index (χ4n) is 1.16. The number of rotatable bonds is 9. The average Bonchev–Trinajstić information content (AvgIpc) is 2.28. The minimum Gasteiger partial charge on any atom is -0.469 e. The second kappa shape index (κ2) is 8.21. The molecule has 0 bridgehead atoms. The van der Waals surface area contributed by atoms with Crippen molar-refractivity contribution in [3.8, 4) is 0 Å². The number of methoxy groups -OCH3 is 2. The zero-order chi connectivity index (χ0) is 13.3. The SMILES string of the molecule is C=CCS(=O)(=O)N(CCOC)CCC(=O)OC. The van der Waals surface area contributed by atoms with Gasteiger partial charge in [-0.15, -0.1) is 6.58 Å². The first-order valence-electron chi connectivity index (χ1n) is 5.12. The van der Waals surface area contributed by atoms with Crippen molar-refractivity contribution < 1.29 is 22.7 Å². The maximum atomic E-state index is 11.8. The molecule has 0 amide bonds. The largest absolute Gasteiger partial charge is 0.469 e. The molecule has 0 unspecified atom stereocenters. The molecule has 0 aliphatic carbocycles. The minimum absolute atomic E-state index is 0.0244. The number of carbonyl (C=O) groups excluding carboxylic acids is 1. The van der Waals surface area contributed by atoms with E-state index in [9.17, 15) is 13.2 Å². The summed E-state index contributed by atoms with van der Waals surface area (Å²) in [6, 6.07) is 0. The zero-order valence-electron chi connectivity index (χ0n) is 10.2. The highest BCUT2D eigenvalue weighted by atomic mass is 32.2. The second-order valence-electron chi connectivity index (χ2n) is 3.29. The van der Waals surface area contributed by atoms with Crippen molar-refractivity contribution in [2.75, 3.05) is 39.7 Å². The van der Waals surface area contributed by atoms with Crippen LogP contribution in [-0.4, -0.2) is 58.4 Å². The van der Waals surface area contributed by atoms with Crippen LogP contribution in [0.25, 0.3) is 0 Å². The summed E-state index contributed by atoms with van der Waals surface area (Å²) in [5, 5.41) is 0. The topological polar surface area (TPSA) is 72.9 Å². The van der Waals surface area contributed by atoms with Crippen molar-refractivity contribution >= 4 is 16.0 Å². The molecule has 100 valence electrons. The molecule has 6 nitrogen and oxygen atoms in total. The molecule has 0 spiro atoms. The third-order valence-electron chi connectivity index (χ3n) is 2.06. The van der Waals surface area contributed by atoms with Crippen molar-refractivity contribution in [3.05, 3.63) is 12.7 Å². The third kappa shape index (κ3) is 6.40. The monoisotopic (exact) mass is 265 g/mol. The van der Waals surface area contributed by atoms with Gasteiger partial charge in [0.25, 0.3) is 0 Å². The van der Waals surface area contributed by atoms with Crippen LogP contribution in [0.4, 0.5) is 0 Å². The molecule has 0 radical (unpaired) electrons. The van der Waals surface area contributed by atoms with E-state index in [4.69, 9.17) is 4.74 Å². The van der Waals surface area contributed by atoms with Crippen LogP contribution < -0.4 is 0 Å². The molecule has 0 aliphatic heterocycles. The van der Waals surface area contributed by atoms with E-state index < -0.39 is 16.0 Å². The Bertz CT molecular complexity index is 339. The Kier molecular flexibility index (Phi) is 7.77. The third-order valence-corrected chi connectivity index (χ3v) is 3.87. The Labute approximate surface area is 102 Å². The molecular formula is C10H19NO5S. The number of nitrogens with zero attached hydrogens (tertiary/aromatic N) is 1. The molecule has 0 heterocycles. The van der Waals surface area contributed by atoms with Crippen molar-refractivity contribution in [2.24, 2.45) is 0 Å². The number of hydrogen-bond donors (Lipinski definition) is 0. The highest BCUT2D eigenvalue weighted by Gasteiger charge is 2.21. The van der Waals surface area contributed by atoms with E-state index in [0.29, 0.717) is 0 Å². The van der Waals surface area contributed by atoms with E-state index in [-0.39, 0.29) is 31.9 Å². The minimum atomic E-state index is -3.42. The number of carbonyl (C=O) groups is 1. The number of ether oxygens (including phenoxy) is 2. The summed E-state index contributed by atoms with van der Waals surface area (Å²) in [7, 11) is -0.672. The predicted octanol–water partition coefficient (Wildman–Crippen LogP) is 0.0137. The summed E-state index contributed by atoms with van der Waals surface area (Å²) in [5.41, 5.74) is 0. The van der Waals surface area contributed by atoms with Gasteiger partial charge in [0.2, 0.25) is 10.0 Å². The highest BCUT2D eigenvalue weighted by Crippen LogP contribution is 2.04. The van der Waals surface area contributed by atoms with Gasteiger partial charge in [0.05, 0.1) is 25.9 Å². The quantitative estimate of drug-likeness (QED) is 0.434. The molecule has 0 aromatic rings. The molecule has 0 aliphatic rings. The lowest BCUT2D eigenvalue weighted by molar-refractivity contribution is -0.140.